The summed E-state index contributed by atoms with van der Waals surface area (Å²) in [5.41, 5.74) is 4.30. The summed E-state index contributed by atoms with van der Waals surface area (Å²) in [6, 6.07) is 33.0. The van der Waals surface area contributed by atoms with Crippen molar-refractivity contribution in [3.63, 3.8) is 0 Å². The van der Waals surface area contributed by atoms with Gasteiger partial charge < -0.3 is 33.3 Å². The molecule has 2 heterocycles. The largest absolute Gasteiger partial charge is 0.497 e. The van der Waals surface area contributed by atoms with E-state index in [4.69, 9.17) is 28.4 Å². The number of ether oxygens (including phenoxy) is 6. The molecule has 0 N–H and O–H groups in total. The van der Waals surface area contributed by atoms with Gasteiger partial charge in [0.05, 0.1) is 45.4 Å². The van der Waals surface area contributed by atoms with Gasteiger partial charge in [-0.2, -0.15) is 0 Å². The summed E-state index contributed by atoms with van der Waals surface area (Å²) in [7, 11) is 1.66. The van der Waals surface area contributed by atoms with Crippen LogP contribution in [0.2, 0.25) is 0 Å². The number of rotatable bonds is 16. The van der Waals surface area contributed by atoms with Crippen molar-refractivity contribution in [2.75, 3.05) is 44.9 Å². The average Bonchev–Trinajstić information content (AvgIpc) is 3.57. The molecule has 9 nitrogen and oxygen atoms in total. The standard InChI is InChI=1S/C55H63NO8/c1-9-10-30-52(3,4)61-36-37(2)53(5,6)62-47(57)27-28-48(58)63-54(7)46-18-14-13-17-44(46)49-42-15-11-12-16-43(42)51-45(50(49)54)29-31-55(64-51,39-21-25-41(59-8)26-22-39)38-19-23-40(24-20-38)56-32-34-60-35-33-56/h11-26,29,31,37H,9-10,27-28,30,32-36H2,1-8H3. The highest BCUT2D eigenvalue weighted by atomic mass is 16.6. The van der Waals surface area contributed by atoms with Crippen LogP contribution < -0.4 is 14.4 Å². The number of hydrogen-bond donors (Lipinski definition) is 0. The maximum absolute atomic E-state index is 14.1. The van der Waals surface area contributed by atoms with Crippen LogP contribution in [-0.4, -0.2) is 63.2 Å². The van der Waals surface area contributed by atoms with Crippen LogP contribution in [0.4, 0.5) is 5.69 Å². The SMILES string of the molecule is CCCCC(C)(C)OCC(C)C(C)(C)OC(=O)CCC(=O)OC1(C)c2ccccc2-c2c1c1c(c3ccccc23)OC(c2ccc(OC)cc2)(c2ccc(N3CCOCC3)cc2)C=C1. The van der Waals surface area contributed by atoms with Gasteiger partial charge in [-0.05, 0) is 87.9 Å². The molecule has 5 aromatic carbocycles. The number of morpholine rings is 1. The fraction of sp³-hybridized carbons (Fsp3) is 0.418. The highest BCUT2D eigenvalue weighted by molar-refractivity contribution is 6.08. The van der Waals surface area contributed by atoms with Crippen molar-refractivity contribution in [1.29, 1.82) is 0 Å². The van der Waals surface area contributed by atoms with Crippen molar-refractivity contribution in [2.24, 2.45) is 5.92 Å². The fourth-order valence-corrected chi connectivity index (χ4v) is 9.44. The Morgan fingerprint density at radius 2 is 1.47 bits per heavy atom. The summed E-state index contributed by atoms with van der Waals surface area (Å²) < 4.78 is 37.6. The zero-order valence-electron chi connectivity index (χ0n) is 38.8. The summed E-state index contributed by atoms with van der Waals surface area (Å²) in [5, 5.41) is 1.94. The van der Waals surface area contributed by atoms with Gasteiger partial charge in [0.15, 0.2) is 11.2 Å². The van der Waals surface area contributed by atoms with E-state index in [0.29, 0.717) is 25.6 Å². The molecule has 3 unspecified atom stereocenters. The van der Waals surface area contributed by atoms with Gasteiger partial charge in [0, 0.05) is 57.9 Å². The Kier molecular flexibility index (Phi) is 12.7. The number of esters is 2. The maximum atomic E-state index is 14.1. The van der Waals surface area contributed by atoms with Crippen LogP contribution in [0.1, 0.15) is 108 Å². The lowest BCUT2D eigenvalue weighted by molar-refractivity contribution is -0.169. The molecule has 1 saturated heterocycles. The third-order valence-corrected chi connectivity index (χ3v) is 13.6. The molecule has 1 aliphatic carbocycles. The second-order valence-corrected chi connectivity index (χ2v) is 18.8. The predicted molar refractivity (Wildman–Crippen MR) is 253 cm³/mol. The molecule has 5 aromatic rings. The van der Waals surface area contributed by atoms with Crippen LogP contribution in [0.5, 0.6) is 11.5 Å². The smallest absolute Gasteiger partial charge is 0.307 e. The Hall–Kier alpha value is -5.64. The highest BCUT2D eigenvalue weighted by Crippen LogP contribution is 2.58. The number of benzene rings is 5. The molecular formula is C55H63NO8. The third-order valence-electron chi connectivity index (χ3n) is 13.6. The van der Waals surface area contributed by atoms with E-state index >= 15 is 0 Å². The summed E-state index contributed by atoms with van der Waals surface area (Å²) in [4.78, 5) is 29.8. The number of fused-ring (bicyclic) bond motifs is 8. The molecular weight excluding hydrogens is 803 g/mol. The van der Waals surface area contributed by atoms with Crippen LogP contribution >= 0.6 is 0 Å². The van der Waals surface area contributed by atoms with E-state index in [-0.39, 0.29) is 24.4 Å². The number of carbonyl (C=O) groups excluding carboxylic acids is 2. The Balaban J connectivity index is 1.12. The third kappa shape index (κ3) is 8.64. The van der Waals surface area contributed by atoms with E-state index in [0.717, 1.165) is 93.5 Å². The minimum Gasteiger partial charge on any atom is -0.497 e. The molecule has 0 amide bonds. The molecule has 0 saturated carbocycles. The fourth-order valence-electron chi connectivity index (χ4n) is 9.44. The Bertz CT molecular complexity index is 2520. The number of anilines is 1. The second kappa shape index (κ2) is 18.1. The molecule has 3 aliphatic rings. The number of hydrogen-bond acceptors (Lipinski definition) is 9. The van der Waals surface area contributed by atoms with E-state index in [1.54, 1.807) is 7.11 Å². The zero-order chi connectivity index (χ0) is 45.3. The Labute approximate surface area is 378 Å². The first-order valence-electron chi connectivity index (χ1n) is 22.9. The molecule has 1 fully saturated rings. The first kappa shape index (κ1) is 44.9. The lowest BCUT2D eigenvalue weighted by atomic mass is 9.80. The summed E-state index contributed by atoms with van der Waals surface area (Å²) in [6.07, 6.45) is 7.16. The van der Waals surface area contributed by atoms with Gasteiger partial charge in [0.25, 0.3) is 0 Å². The van der Waals surface area contributed by atoms with Gasteiger partial charge in [-0.25, -0.2) is 0 Å². The lowest BCUT2D eigenvalue weighted by Crippen LogP contribution is -2.40. The van der Waals surface area contributed by atoms with Gasteiger partial charge in [-0.3, -0.25) is 9.59 Å². The summed E-state index contributed by atoms with van der Waals surface area (Å²) in [5.74, 6) is 0.425. The number of methoxy groups -OCH3 is 1. The Morgan fingerprint density at radius 1 is 0.828 bits per heavy atom. The van der Waals surface area contributed by atoms with Gasteiger partial charge in [0.1, 0.15) is 17.1 Å². The van der Waals surface area contributed by atoms with E-state index in [2.05, 4.69) is 92.4 Å². The number of nitrogens with zero attached hydrogens (tertiary/aromatic N) is 1. The predicted octanol–water partition coefficient (Wildman–Crippen LogP) is 11.5. The topological polar surface area (TPSA) is 92.8 Å². The first-order chi connectivity index (χ1) is 30.7. The van der Waals surface area contributed by atoms with Crippen molar-refractivity contribution >= 4 is 34.5 Å². The minimum absolute atomic E-state index is 0.0658. The van der Waals surface area contributed by atoms with Crippen LogP contribution in [0.25, 0.3) is 28.0 Å². The van der Waals surface area contributed by atoms with Crippen molar-refractivity contribution in [3.8, 4) is 22.6 Å². The lowest BCUT2D eigenvalue weighted by Gasteiger charge is -2.39. The summed E-state index contributed by atoms with van der Waals surface area (Å²) in [6.45, 7) is 17.7. The van der Waals surface area contributed by atoms with Gasteiger partial charge >= 0.3 is 11.9 Å². The normalized spacial score (nSPS) is 19.6. The van der Waals surface area contributed by atoms with E-state index in [9.17, 15) is 9.59 Å². The van der Waals surface area contributed by atoms with Gasteiger partial charge in [-0.15, -0.1) is 0 Å². The highest BCUT2D eigenvalue weighted by Gasteiger charge is 2.48. The molecule has 0 spiro atoms. The van der Waals surface area contributed by atoms with E-state index in [1.807, 2.05) is 70.2 Å². The quantitative estimate of drug-likeness (QED) is 0.0899. The second-order valence-electron chi connectivity index (χ2n) is 18.8. The van der Waals surface area contributed by atoms with Crippen molar-refractivity contribution < 1.29 is 38.0 Å². The number of unbranched alkanes of at least 4 members (excludes halogenated alkanes) is 1. The van der Waals surface area contributed by atoms with Gasteiger partial charge in [0.2, 0.25) is 0 Å². The number of carbonyl (C=O) groups is 2. The first-order valence-corrected chi connectivity index (χ1v) is 22.9. The molecule has 3 atom stereocenters. The van der Waals surface area contributed by atoms with Gasteiger partial charge in [-0.1, -0.05) is 106 Å². The van der Waals surface area contributed by atoms with Crippen molar-refractivity contribution in [3.05, 3.63) is 131 Å². The van der Waals surface area contributed by atoms with Crippen LogP contribution in [0.3, 0.4) is 0 Å². The van der Waals surface area contributed by atoms with Crippen LogP contribution in [0, 0.1) is 5.92 Å². The molecule has 336 valence electrons. The van der Waals surface area contributed by atoms with Crippen LogP contribution in [-0.2, 0) is 39.7 Å². The maximum Gasteiger partial charge on any atom is 0.307 e. The zero-order valence-corrected chi connectivity index (χ0v) is 38.8. The average molecular weight is 866 g/mol. The monoisotopic (exact) mass is 865 g/mol. The molecule has 64 heavy (non-hydrogen) atoms. The minimum atomic E-state index is -1.20. The van der Waals surface area contributed by atoms with Crippen molar-refractivity contribution in [1.82, 2.24) is 0 Å². The molecule has 0 bridgehead atoms. The molecule has 0 radical (unpaired) electrons. The Morgan fingerprint density at radius 3 is 2.16 bits per heavy atom. The molecule has 0 aromatic heterocycles. The van der Waals surface area contributed by atoms with E-state index in [1.165, 1.54) is 0 Å². The molecule has 8 rings (SSSR count). The summed E-state index contributed by atoms with van der Waals surface area (Å²) >= 11 is 0. The van der Waals surface area contributed by atoms with Crippen LogP contribution in [0.15, 0.2) is 103 Å². The van der Waals surface area contributed by atoms with Crippen molar-refractivity contribution in [2.45, 2.75) is 103 Å². The van der Waals surface area contributed by atoms with E-state index < -0.39 is 28.7 Å². The molecule has 9 heteroatoms. The molecule has 2 aliphatic heterocycles.